The lowest BCUT2D eigenvalue weighted by Crippen LogP contribution is -2.57. The van der Waals surface area contributed by atoms with Gasteiger partial charge >= 0.3 is 0 Å². The first-order valence-corrected chi connectivity index (χ1v) is 7.64. The second-order valence-corrected chi connectivity index (χ2v) is 5.75. The molecule has 0 radical (unpaired) electrons. The second-order valence-electron chi connectivity index (χ2n) is 5.75. The van der Waals surface area contributed by atoms with Crippen molar-refractivity contribution in [1.29, 1.82) is 0 Å². The Morgan fingerprint density at radius 3 is 2.67 bits per heavy atom. The summed E-state index contributed by atoms with van der Waals surface area (Å²) in [6.07, 6.45) is 2.82. The fourth-order valence-electron chi connectivity index (χ4n) is 3.34. The van der Waals surface area contributed by atoms with Crippen molar-refractivity contribution >= 4 is 0 Å². The standard InChI is InChI=1S/C15H28N4O2/c1-6-15(2,19-7-9-21-10-8-19)14(16-3)13-12(20-5)11-17-18(13)4/h11,14,16H,6-10H2,1-5H3. The van der Waals surface area contributed by atoms with Gasteiger partial charge in [0.1, 0.15) is 0 Å². The Hall–Kier alpha value is -1.11. The van der Waals surface area contributed by atoms with Gasteiger partial charge < -0.3 is 14.8 Å². The minimum Gasteiger partial charge on any atom is -0.493 e. The highest BCUT2D eigenvalue weighted by Gasteiger charge is 2.41. The summed E-state index contributed by atoms with van der Waals surface area (Å²) in [5, 5.41) is 7.84. The lowest BCUT2D eigenvalue weighted by molar-refractivity contribution is -0.0332. The van der Waals surface area contributed by atoms with Crippen molar-refractivity contribution in [2.45, 2.75) is 31.8 Å². The van der Waals surface area contributed by atoms with Crippen molar-refractivity contribution in [2.75, 3.05) is 40.5 Å². The Labute approximate surface area is 127 Å². The molecule has 0 spiro atoms. The molecule has 1 aromatic heterocycles. The van der Waals surface area contributed by atoms with Crippen LogP contribution in [0.5, 0.6) is 5.75 Å². The van der Waals surface area contributed by atoms with Gasteiger partial charge in [-0.05, 0) is 20.4 Å². The van der Waals surface area contributed by atoms with Crippen LogP contribution in [0.15, 0.2) is 6.20 Å². The molecule has 0 bridgehead atoms. The summed E-state index contributed by atoms with van der Waals surface area (Å²) in [5.74, 6) is 0.838. The number of aryl methyl sites for hydroxylation is 1. The Morgan fingerprint density at radius 1 is 1.48 bits per heavy atom. The van der Waals surface area contributed by atoms with Crippen molar-refractivity contribution in [3.63, 3.8) is 0 Å². The van der Waals surface area contributed by atoms with Gasteiger partial charge in [-0.3, -0.25) is 9.58 Å². The molecule has 1 fully saturated rings. The van der Waals surface area contributed by atoms with E-state index in [0.717, 1.165) is 44.2 Å². The van der Waals surface area contributed by atoms with Crippen molar-refractivity contribution in [3.05, 3.63) is 11.9 Å². The molecule has 1 aromatic rings. The fraction of sp³-hybridized carbons (Fsp3) is 0.800. The van der Waals surface area contributed by atoms with E-state index in [9.17, 15) is 0 Å². The van der Waals surface area contributed by atoms with E-state index in [1.54, 1.807) is 13.3 Å². The van der Waals surface area contributed by atoms with Crippen LogP contribution in [0.2, 0.25) is 0 Å². The number of aromatic nitrogens is 2. The van der Waals surface area contributed by atoms with Gasteiger partial charge in [-0.15, -0.1) is 0 Å². The maximum absolute atomic E-state index is 5.51. The van der Waals surface area contributed by atoms with Crippen LogP contribution in [0.25, 0.3) is 0 Å². The van der Waals surface area contributed by atoms with Gasteiger partial charge in [0.25, 0.3) is 0 Å². The quantitative estimate of drug-likeness (QED) is 0.854. The van der Waals surface area contributed by atoms with Gasteiger partial charge in [0.2, 0.25) is 0 Å². The molecule has 1 aliphatic rings. The van der Waals surface area contributed by atoms with E-state index in [0.29, 0.717) is 0 Å². The lowest BCUT2D eigenvalue weighted by Gasteiger charge is -2.47. The zero-order valence-corrected chi connectivity index (χ0v) is 13.8. The minimum absolute atomic E-state index is 0.0143. The first-order valence-electron chi connectivity index (χ1n) is 7.64. The summed E-state index contributed by atoms with van der Waals surface area (Å²) < 4.78 is 12.9. The Bertz CT molecular complexity index is 457. The largest absolute Gasteiger partial charge is 0.493 e. The van der Waals surface area contributed by atoms with Crippen LogP contribution >= 0.6 is 0 Å². The number of methoxy groups -OCH3 is 1. The first kappa shape index (κ1) is 16.3. The molecule has 2 rings (SSSR count). The Morgan fingerprint density at radius 2 is 2.14 bits per heavy atom. The monoisotopic (exact) mass is 296 g/mol. The lowest BCUT2D eigenvalue weighted by atomic mass is 9.84. The smallest absolute Gasteiger partial charge is 0.161 e. The van der Waals surface area contributed by atoms with E-state index in [4.69, 9.17) is 9.47 Å². The molecule has 2 unspecified atom stereocenters. The van der Waals surface area contributed by atoms with Crippen molar-refractivity contribution in [1.82, 2.24) is 20.0 Å². The van der Waals surface area contributed by atoms with Gasteiger partial charge in [-0.2, -0.15) is 5.10 Å². The molecule has 1 saturated heterocycles. The number of hydrogen-bond donors (Lipinski definition) is 1. The minimum atomic E-state index is -0.0143. The van der Waals surface area contributed by atoms with Gasteiger partial charge in [-0.25, -0.2) is 0 Å². The van der Waals surface area contributed by atoms with Crippen LogP contribution in [0.1, 0.15) is 32.0 Å². The van der Waals surface area contributed by atoms with Crippen LogP contribution in [-0.2, 0) is 11.8 Å². The summed E-state index contributed by atoms with van der Waals surface area (Å²) in [5.41, 5.74) is 1.08. The van der Waals surface area contributed by atoms with Crippen molar-refractivity contribution in [3.8, 4) is 5.75 Å². The molecule has 120 valence electrons. The summed E-state index contributed by atoms with van der Waals surface area (Å²) in [4.78, 5) is 2.52. The highest BCUT2D eigenvalue weighted by atomic mass is 16.5. The zero-order valence-electron chi connectivity index (χ0n) is 13.8. The second kappa shape index (κ2) is 6.77. The maximum atomic E-state index is 5.51. The molecule has 1 aliphatic heterocycles. The molecule has 2 atom stereocenters. The van der Waals surface area contributed by atoms with E-state index in [1.807, 2.05) is 18.8 Å². The Balaban J connectivity index is 2.38. The number of nitrogens with one attached hydrogen (secondary N) is 1. The van der Waals surface area contributed by atoms with E-state index < -0.39 is 0 Å². The predicted octanol–water partition coefficient (Wildman–Crippen LogP) is 1.19. The van der Waals surface area contributed by atoms with E-state index in [1.165, 1.54) is 0 Å². The van der Waals surface area contributed by atoms with Crippen LogP contribution in [0, 0.1) is 0 Å². The number of nitrogens with zero attached hydrogens (tertiary/aromatic N) is 3. The summed E-state index contributed by atoms with van der Waals surface area (Å²) in [6.45, 7) is 8.07. The normalized spacial score (nSPS) is 21.0. The van der Waals surface area contributed by atoms with E-state index >= 15 is 0 Å². The van der Waals surface area contributed by atoms with Crippen LogP contribution in [0.3, 0.4) is 0 Å². The van der Waals surface area contributed by atoms with Gasteiger partial charge in [0.15, 0.2) is 5.75 Å². The Kier molecular flexibility index (Phi) is 5.24. The fourth-order valence-corrected chi connectivity index (χ4v) is 3.34. The zero-order chi connectivity index (χ0) is 15.5. The maximum Gasteiger partial charge on any atom is 0.161 e. The SMILES string of the molecule is CCC(C)(C(NC)c1c(OC)cnn1C)N1CCOCC1. The third-order valence-corrected chi connectivity index (χ3v) is 4.80. The molecule has 6 nitrogen and oxygen atoms in total. The highest BCUT2D eigenvalue weighted by Crippen LogP contribution is 2.38. The molecular formula is C15H28N4O2. The summed E-state index contributed by atoms with van der Waals surface area (Å²) in [6, 6.07) is 0.142. The van der Waals surface area contributed by atoms with Crippen LogP contribution in [-0.4, -0.2) is 60.7 Å². The van der Waals surface area contributed by atoms with E-state index in [-0.39, 0.29) is 11.6 Å². The van der Waals surface area contributed by atoms with Crippen LogP contribution < -0.4 is 10.1 Å². The third-order valence-electron chi connectivity index (χ3n) is 4.80. The molecule has 0 amide bonds. The molecule has 2 heterocycles. The molecule has 0 aromatic carbocycles. The summed E-state index contributed by atoms with van der Waals surface area (Å²) >= 11 is 0. The van der Waals surface area contributed by atoms with Crippen molar-refractivity contribution < 1.29 is 9.47 Å². The molecule has 21 heavy (non-hydrogen) atoms. The third kappa shape index (κ3) is 2.93. The number of rotatable bonds is 6. The van der Waals surface area contributed by atoms with Gasteiger partial charge in [0.05, 0.1) is 38.3 Å². The predicted molar refractivity (Wildman–Crippen MR) is 82.6 cm³/mol. The van der Waals surface area contributed by atoms with Crippen molar-refractivity contribution in [2.24, 2.45) is 7.05 Å². The van der Waals surface area contributed by atoms with Gasteiger partial charge in [-0.1, -0.05) is 6.92 Å². The highest BCUT2D eigenvalue weighted by molar-refractivity contribution is 5.31. The number of hydrogen-bond acceptors (Lipinski definition) is 5. The van der Waals surface area contributed by atoms with Gasteiger partial charge in [0, 0.05) is 25.7 Å². The molecule has 1 N–H and O–H groups in total. The average molecular weight is 296 g/mol. The molecular weight excluding hydrogens is 268 g/mol. The topological polar surface area (TPSA) is 51.5 Å². The average Bonchev–Trinajstić information content (AvgIpc) is 2.89. The molecule has 6 heteroatoms. The first-order chi connectivity index (χ1) is 10.1. The summed E-state index contributed by atoms with van der Waals surface area (Å²) in [7, 11) is 5.67. The van der Waals surface area contributed by atoms with E-state index in [2.05, 4.69) is 29.2 Å². The number of likely N-dealkylation sites (N-methyl/N-ethyl adjacent to an activating group) is 1. The number of ether oxygens (including phenoxy) is 2. The number of morpholine rings is 1. The molecule has 0 aliphatic carbocycles. The molecule has 0 saturated carbocycles. The van der Waals surface area contributed by atoms with Crippen LogP contribution in [0.4, 0.5) is 0 Å².